The Labute approximate surface area is 168 Å². The lowest BCUT2D eigenvalue weighted by atomic mass is 10.1. The number of ether oxygens (including phenoxy) is 3. The molecule has 1 aliphatic heterocycles. The third-order valence-electron chi connectivity index (χ3n) is 4.66. The Balaban J connectivity index is 1.68. The summed E-state index contributed by atoms with van der Waals surface area (Å²) in [6, 6.07) is 10.9. The van der Waals surface area contributed by atoms with E-state index in [2.05, 4.69) is 10.1 Å². The van der Waals surface area contributed by atoms with Crippen molar-refractivity contribution in [2.24, 2.45) is 0 Å². The van der Waals surface area contributed by atoms with Gasteiger partial charge in [0.05, 0.1) is 19.9 Å². The second-order valence-electron chi connectivity index (χ2n) is 6.51. The smallest absolute Gasteiger partial charge is 0.265 e. The molecule has 0 fully saturated rings. The molecule has 1 amide bonds. The predicted molar refractivity (Wildman–Crippen MR) is 106 cm³/mol. The molecule has 0 saturated heterocycles. The summed E-state index contributed by atoms with van der Waals surface area (Å²) in [6.07, 6.45) is 0.848. The standard InChI is InChI=1S/C21H21N3O5/c1-4-9-24-15-10-13(5-7-16(15)28-12-19(24)25)20-22-21(29-23-20)14-6-8-17(26-2)18(11-14)27-3/h5-8,10-11H,4,9,12H2,1-3H3. The lowest BCUT2D eigenvalue weighted by Gasteiger charge is -2.29. The van der Waals surface area contributed by atoms with Crippen molar-refractivity contribution in [2.75, 3.05) is 32.3 Å². The van der Waals surface area contributed by atoms with Gasteiger partial charge in [0, 0.05) is 17.7 Å². The molecule has 3 aromatic rings. The van der Waals surface area contributed by atoms with Crippen LogP contribution in [0.5, 0.6) is 17.2 Å². The van der Waals surface area contributed by atoms with Crippen molar-refractivity contribution in [3.8, 4) is 40.1 Å². The maximum atomic E-state index is 12.2. The van der Waals surface area contributed by atoms with Gasteiger partial charge in [0.15, 0.2) is 18.1 Å². The van der Waals surface area contributed by atoms with Crippen LogP contribution in [0.4, 0.5) is 5.69 Å². The number of nitrogens with zero attached hydrogens (tertiary/aromatic N) is 3. The van der Waals surface area contributed by atoms with Gasteiger partial charge in [-0.05, 0) is 42.8 Å². The van der Waals surface area contributed by atoms with E-state index < -0.39 is 0 Å². The number of benzene rings is 2. The first-order valence-corrected chi connectivity index (χ1v) is 9.28. The maximum absolute atomic E-state index is 12.2. The topological polar surface area (TPSA) is 86.9 Å². The van der Waals surface area contributed by atoms with E-state index in [9.17, 15) is 4.79 Å². The van der Waals surface area contributed by atoms with Crippen LogP contribution in [0.1, 0.15) is 13.3 Å². The fourth-order valence-electron chi connectivity index (χ4n) is 3.24. The number of amides is 1. The molecule has 1 aromatic heterocycles. The minimum absolute atomic E-state index is 0.0536. The Morgan fingerprint density at radius 1 is 1.07 bits per heavy atom. The van der Waals surface area contributed by atoms with E-state index in [4.69, 9.17) is 18.7 Å². The second-order valence-corrected chi connectivity index (χ2v) is 6.51. The first-order valence-electron chi connectivity index (χ1n) is 9.28. The zero-order valence-electron chi connectivity index (χ0n) is 16.5. The molecule has 0 spiro atoms. The van der Waals surface area contributed by atoms with Crippen LogP contribution in [-0.4, -0.2) is 43.4 Å². The van der Waals surface area contributed by atoms with E-state index >= 15 is 0 Å². The number of anilines is 1. The van der Waals surface area contributed by atoms with Gasteiger partial charge in [-0.2, -0.15) is 4.98 Å². The third-order valence-corrected chi connectivity index (χ3v) is 4.66. The molecule has 4 rings (SSSR count). The van der Waals surface area contributed by atoms with Crippen LogP contribution in [0.2, 0.25) is 0 Å². The minimum atomic E-state index is -0.0596. The number of rotatable bonds is 6. The molecule has 150 valence electrons. The summed E-state index contributed by atoms with van der Waals surface area (Å²) in [4.78, 5) is 18.5. The van der Waals surface area contributed by atoms with E-state index in [0.717, 1.165) is 17.7 Å². The van der Waals surface area contributed by atoms with Gasteiger partial charge in [-0.25, -0.2) is 0 Å². The molecule has 0 atom stereocenters. The average Bonchev–Trinajstić information content (AvgIpc) is 3.25. The molecule has 0 radical (unpaired) electrons. The highest BCUT2D eigenvalue weighted by molar-refractivity contribution is 5.98. The van der Waals surface area contributed by atoms with Crippen LogP contribution < -0.4 is 19.1 Å². The highest BCUT2D eigenvalue weighted by Gasteiger charge is 2.26. The maximum Gasteiger partial charge on any atom is 0.265 e. The Morgan fingerprint density at radius 3 is 2.62 bits per heavy atom. The lowest BCUT2D eigenvalue weighted by molar-refractivity contribution is -0.121. The van der Waals surface area contributed by atoms with E-state index in [1.54, 1.807) is 31.3 Å². The molecule has 0 N–H and O–H groups in total. The zero-order chi connectivity index (χ0) is 20.4. The van der Waals surface area contributed by atoms with Gasteiger partial charge in [-0.3, -0.25) is 4.79 Å². The Hall–Kier alpha value is -3.55. The molecule has 2 aromatic carbocycles. The van der Waals surface area contributed by atoms with E-state index in [-0.39, 0.29) is 12.5 Å². The van der Waals surface area contributed by atoms with Gasteiger partial charge < -0.3 is 23.6 Å². The molecule has 0 aliphatic carbocycles. The van der Waals surface area contributed by atoms with Crippen LogP contribution >= 0.6 is 0 Å². The molecule has 2 heterocycles. The van der Waals surface area contributed by atoms with E-state index in [0.29, 0.717) is 41.1 Å². The molecule has 1 aliphatic rings. The minimum Gasteiger partial charge on any atom is -0.493 e. The first-order chi connectivity index (χ1) is 14.1. The summed E-state index contributed by atoms with van der Waals surface area (Å²) < 4.78 is 21.6. The summed E-state index contributed by atoms with van der Waals surface area (Å²) in [5, 5.41) is 4.10. The zero-order valence-corrected chi connectivity index (χ0v) is 16.5. The molecular weight excluding hydrogens is 374 g/mol. The van der Waals surface area contributed by atoms with Crippen molar-refractivity contribution in [1.82, 2.24) is 10.1 Å². The highest BCUT2D eigenvalue weighted by atomic mass is 16.5. The summed E-state index contributed by atoms with van der Waals surface area (Å²) in [5.74, 6) is 2.58. The number of hydrogen-bond acceptors (Lipinski definition) is 7. The summed E-state index contributed by atoms with van der Waals surface area (Å²) in [5.41, 5.74) is 2.17. The largest absolute Gasteiger partial charge is 0.493 e. The number of carbonyl (C=O) groups is 1. The number of aromatic nitrogens is 2. The summed E-state index contributed by atoms with van der Waals surface area (Å²) >= 11 is 0. The third kappa shape index (κ3) is 3.49. The number of methoxy groups -OCH3 is 2. The monoisotopic (exact) mass is 395 g/mol. The molecule has 8 heteroatoms. The van der Waals surface area contributed by atoms with E-state index in [1.807, 2.05) is 31.2 Å². The molecular formula is C21H21N3O5. The number of carbonyl (C=O) groups excluding carboxylic acids is 1. The van der Waals surface area contributed by atoms with Gasteiger partial charge in [0.2, 0.25) is 5.82 Å². The van der Waals surface area contributed by atoms with E-state index in [1.165, 1.54) is 0 Å². The van der Waals surface area contributed by atoms with Gasteiger partial charge in [0.1, 0.15) is 5.75 Å². The fourth-order valence-corrected chi connectivity index (χ4v) is 3.24. The van der Waals surface area contributed by atoms with Crippen molar-refractivity contribution >= 4 is 11.6 Å². The van der Waals surface area contributed by atoms with Crippen LogP contribution in [0.15, 0.2) is 40.9 Å². The molecule has 8 nitrogen and oxygen atoms in total. The van der Waals surface area contributed by atoms with Gasteiger partial charge in [-0.15, -0.1) is 0 Å². The van der Waals surface area contributed by atoms with Crippen molar-refractivity contribution in [3.63, 3.8) is 0 Å². The Kier molecular flexibility index (Phi) is 5.07. The normalized spacial score (nSPS) is 13.1. The Bertz CT molecular complexity index is 1050. The van der Waals surface area contributed by atoms with Crippen molar-refractivity contribution in [2.45, 2.75) is 13.3 Å². The quantitative estimate of drug-likeness (QED) is 0.631. The molecule has 0 bridgehead atoms. The number of hydrogen-bond donors (Lipinski definition) is 0. The average molecular weight is 395 g/mol. The number of fused-ring (bicyclic) bond motifs is 1. The lowest BCUT2D eigenvalue weighted by Crippen LogP contribution is -2.39. The summed E-state index contributed by atoms with van der Waals surface area (Å²) in [7, 11) is 3.15. The molecule has 29 heavy (non-hydrogen) atoms. The molecule has 0 saturated carbocycles. The SMILES string of the molecule is CCCN1C(=O)COc2ccc(-c3noc(-c4ccc(OC)c(OC)c4)n3)cc21. The van der Waals surface area contributed by atoms with Crippen LogP contribution in [0.25, 0.3) is 22.8 Å². The Morgan fingerprint density at radius 2 is 1.86 bits per heavy atom. The van der Waals surface area contributed by atoms with Crippen LogP contribution in [0.3, 0.4) is 0 Å². The van der Waals surface area contributed by atoms with Gasteiger partial charge >= 0.3 is 0 Å². The van der Waals surface area contributed by atoms with Crippen LogP contribution in [-0.2, 0) is 4.79 Å². The van der Waals surface area contributed by atoms with Gasteiger partial charge in [0.25, 0.3) is 11.8 Å². The van der Waals surface area contributed by atoms with Crippen molar-refractivity contribution in [3.05, 3.63) is 36.4 Å². The molecule has 0 unspecified atom stereocenters. The highest BCUT2D eigenvalue weighted by Crippen LogP contribution is 2.36. The van der Waals surface area contributed by atoms with Crippen molar-refractivity contribution in [1.29, 1.82) is 0 Å². The predicted octanol–water partition coefficient (Wildman–Crippen LogP) is 3.56. The second kappa shape index (κ2) is 7.83. The van der Waals surface area contributed by atoms with Crippen molar-refractivity contribution < 1.29 is 23.5 Å². The first kappa shape index (κ1) is 18.8. The van der Waals surface area contributed by atoms with Gasteiger partial charge in [-0.1, -0.05) is 12.1 Å². The summed E-state index contributed by atoms with van der Waals surface area (Å²) in [6.45, 7) is 2.71. The van der Waals surface area contributed by atoms with Crippen LogP contribution in [0, 0.1) is 0 Å². The fraction of sp³-hybridized carbons (Fsp3) is 0.286.